The fourth-order valence-electron chi connectivity index (χ4n) is 3.30. The van der Waals surface area contributed by atoms with Gasteiger partial charge in [-0.1, -0.05) is 73.3 Å². The lowest BCUT2D eigenvalue weighted by atomic mass is 9.97. The van der Waals surface area contributed by atoms with E-state index in [-0.39, 0.29) is 18.6 Å². The number of hydroxylamine groups is 1. The number of halogens is 3. The summed E-state index contributed by atoms with van der Waals surface area (Å²) in [6.07, 6.45) is -4.45. The molecule has 0 unspecified atom stereocenters. The number of nitrogens with one attached hydrogen (secondary N) is 2. The van der Waals surface area contributed by atoms with Crippen LogP contribution in [0, 0.1) is 0 Å². The second-order valence-corrected chi connectivity index (χ2v) is 7.63. The summed E-state index contributed by atoms with van der Waals surface area (Å²) < 4.78 is 41.0. The molecule has 178 valence electrons. The van der Waals surface area contributed by atoms with E-state index in [0.29, 0.717) is 29.9 Å². The molecule has 34 heavy (non-hydrogen) atoms. The molecule has 0 heterocycles. The molecule has 8 heteroatoms. The van der Waals surface area contributed by atoms with E-state index in [2.05, 4.69) is 17.4 Å². The topological polar surface area (TPSA) is 70.6 Å². The molecule has 0 spiro atoms. The molecule has 0 aromatic heterocycles. The lowest BCUT2D eigenvalue weighted by Gasteiger charge is -2.16. The molecular formula is C26H25F3N2O3. The highest BCUT2D eigenvalue weighted by molar-refractivity contribution is 5.68. The molecule has 0 aliphatic heterocycles. The Hall–Kier alpha value is -3.62. The quantitative estimate of drug-likeness (QED) is 0.250. The molecule has 0 fully saturated rings. The third kappa shape index (κ3) is 7.19. The third-order valence-electron chi connectivity index (χ3n) is 5.06. The minimum Gasteiger partial charge on any atom is -0.481 e. The first-order valence-electron chi connectivity index (χ1n) is 10.6. The molecule has 0 aliphatic carbocycles. The Labute approximate surface area is 195 Å². The SMILES string of the molecule is C=C(NOCc1ccc(-c2ccccc2)c(C(F)(F)F)c1)c1ccc(CNCCC(=O)O)cc1. The first kappa shape index (κ1) is 25.0. The fraction of sp³-hybridized carbons (Fsp3) is 0.192. The van der Waals surface area contributed by atoms with Gasteiger partial charge in [0.15, 0.2) is 0 Å². The molecule has 0 aliphatic rings. The van der Waals surface area contributed by atoms with E-state index >= 15 is 0 Å². The number of carbonyl (C=O) groups is 1. The van der Waals surface area contributed by atoms with Crippen LogP contribution in [0.5, 0.6) is 0 Å². The van der Waals surface area contributed by atoms with Gasteiger partial charge in [-0.3, -0.25) is 15.1 Å². The molecule has 0 atom stereocenters. The largest absolute Gasteiger partial charge is 0.481 e. The molecule has 0 saturated carbocycles. The van der Waals surface area contributed by atoms with Crippen molar-refractivity contribution in [2.75, 3.05) is 6.54 Å². The summed E-state index contributed by atoms with van der Waals surface area (Å²) in [6.45, 7) is 4.72. The van der Waals surface area contributed by atoms with E-state index in [1.165, 1.54) is 6.07 Å². The zero-order valence-corrected chi connectivity index (χ0v) is 18.4. The Kier molecular flexibility index (Phi) is 8.45. The van der Waals surface area contributed by atoms with Crippen LogP contribution in [0.3, 0.4) is 0 Å². The van der Waals surface area contributed by atoms with Gasteiger partial charge >= 0.3 is 12.1 Å². The number of hydrogen-bond donors (Lipinski definition) is 3. The maximum atomic E-state index is 13.7. The monoisotopic (exact) mass is 470 g/mol. The predicted octanol–water partition coefficient (Wildman–Crippen LogP) is 5.63. The Morgan fingerprint density at radius 1 is 0.971 bits per heavy atom. The Balaban J connectivity index is 1.56. The Morgan fingerprint density at radius 3 is 2.29 bits per heavy atom. The zero-order chi connectivity index (χ0) is 24.6. The molecule has 3 aromatic carbocycles. The highest BCUT2D eigenvalue weighted by atomic mass is 19.4. The van der Waals surface area contributed by atoms with Crippen LogP contribution < -0.4 is 10.8 Å². The van der Waals surface area contributed by atoms with E-state index in [4.69, 9.17) is 9.94 Å². The number of carboxylic acid groups (broad SMARTS) is 1. The van der Waals surface area contributed by atoms with E-state index in [1.54, 1.807) is 36.4 Å². The molecule has 0 radical (unpaired) electrons. The van der Waals surface area contributed by atoms with E-state index in [0.717, 1.165) is 17.2 Å². The van der Waals surface area contributed by atoms with Crippen LogP contribution in [0.25, 0.3) is 16.8 Å². The molecule has 0 saturated heterocycles. The summed E-state index contributed by atoms with van der Waals surface area (Å²) in [6, 6.07) is 20.0. The Morgan fingerprint density at radius 2 is 1.65 bits per heavy atom. The van der Waals surface area contributed by atoms with Crippen LogP contribution in [0.2, 0.25) is 0 Å². The van der Waals surface area contributed by atoms with Gasteiger partial charge in [-0.15, -0.1) is 0 Å². The molecule has 3 N–H and O–H groups in total. The highest BCUT2D eigenvalue weighted by Gasteiger charge is 2.33. The molecule has 3 rings (SSSR count). The van der Waals surface area contributed by atoms with Gasteiger partial charge in [0.1, 0.15) is 0 Å². The minimum atomic E-state index is -4.50. The Bertz CT molecular complexity index is 1110. The molecule has 0 amide bonds. The third-order valence-corrected chi connectivity index (χ3v) is 5.06. The number of rotatable bonds is 11. The van der Waals surface area contributed by atoms with Crippen molar-refractivity contribution in [3.8, 4) is 11.1 Å². The van der Waals surface area contributed by atoms with Gasteiger partial charge in [-0.05, 0) is 33.9 Å². The number of alkyl halides is 3. The van der Waals surface area contributed by atoms with Crippen LogP contribution in [0.15, 0.2) is 79.4 Å². The predicted molar refractivity (Wildman–Crippen MR) is 124 cm³/mol. The van der Waals surface area contributed by atoms with Crippen molar-refractivity contribution in [2.24, 2.45) is 0 Å². The van der Waals surface area contributed by atoms with E-state index < -0.39 is 17.7 Å². The number of aliphatic carboxylic acids is 1. The number of benzene rings is 3. The highest BCUT2D eigenvalue weighted by Crippen LogP contribution is 2.37. The van der Waals surface area contributed by atoms with Crippen LogP contribution in [-0.4, -0.2) is 17.6 Å². The fourth-order valence-corrected chi connectivity index (χ4v) is 3.30. The van der Waals surface area contributed by atoms with Crippen LogP contribution >= 0.6 is 0 Å². The summed E-state index contributed by atoms with van der Waals surface area (Å²) in [5, 5.41) is 11.7. The first-order valence-corrected chi connectivity index (χ1v) is 10.6. The van der Waals surface area contributed by atoms with Gasteiger partial charge in [-0.25, -0.2) is 0 Å². The van der Waals surface area contributed by atoms with Crippen LogP contribution in [-0.2, 0) is 29.0 Å². The van der Waals surface area contributed by atoms with Crippen LogP contribution in [0.4, 0.5) is 13.2 Å². The van der Waals surface area contributed by atoms with Crippen molar-refractivity contribution in [1.29, 1.82) is 0 Å². The van der Waals surface area contributed by atoms with Gasteiger partial charge in [0.2, 0.25) is 0 Å². The van der Waals surface area contributed by atoms with Crippen molar-refractivity contribution < 1.29 is 27.9 Å². The van der Waals surface area contributed by atoms with Gasteiger partial charge in [-0.2, -0.15) is 13.2 Å². The minimum absolute atomic E-state index is 0.0512. The number of carboxylic acids is 1. The molecule has 3 aromatic rings. The average Bonchev–Trinajstić information content (AvgIpc) is 2.82. The van der Waals surface area contributed by atoms with E-state index in [1.807, 2.05) is 24.3 Å². The van der Waals surface area contributed by atoms with Crippen molar-refractivity contribution in [1.82, 2.24) is 10.8 Å². The van der Waals surface area contributed by atoms with Gasteiger partial charge in [0, 0.05) is 13.1 Å². The van der Waals surface area contributed by atoms with Gasteiger partial charge in [0.25, 0.3) is 0 Å². The van der Waals surface area contributed by atoms with Gasteiger partial charge < -0.3 is 10.4 Å². The summed E-state index contributed by atoms with van der Waals surface area (Å²) >= 11 is 0. The smallest absolute Gasteiger partial charge is 0.417 e. The summed E-state index contributed by atoms with van der Waals surface area (Å²) in [5.41, 5.74) is 5.13. The van der Waals surface area contributed by atoms with Crippen molar-refractivity contribution in [2.45, 2.75) is 25.7 Å². The molecular weight excluding hydrogens is 445 g/mol. The van der Waals surface area contributed by atoms with Crippen molar-refractivity contribution in [3.63, 3.8) is 0 Å². The number of hydrogen-bond acceptors (Lipinski definition) is 4. The normalized spacial score (nSPS) is 11.3. The second-order valence-electron chi connectivity index (χ2n) is 7.63. The lowest BCUT2D eigenvalue weighted by Crippen LogP contribution is -2.17. The average molecular weight is 470 g/mol. The maximum absolute atomic E-state index is 13.7. The molecule has 5 nitrogen and oxygen atoms in total. The van der Waals surface area contributed by atoms with E-state index in [9.17, 15) is 18.0 Å². The maximum Gasteiger partial charge on any atom is 0.417 e. The molecule has 0 bridgehead atoms. The van der Waals surface area contributed by atoms with Crippen molar-refractivity contribution in [3.05, 3.63) is 102 Å². The summed E-state index contributed by atoms with van der Waals surface area (Å²) in [4.78, 5) is 15.9. The second kappa shape index (κ2) is 11.5. The zero-order valence-electron chi connectivity index (χ0n) is 18.4. The summed E-state index contributed by atoms with van der Waals surface area (Å²) in [7, 11) is 0. The standard InChI is InChI=1S/C26H25F3N2O3/c1-18(21-10-7-19(8-11-21)16-30-14-13-25(32)33)31-34-17-20-9-12-23(22-5-3-2-4-6-22)24(15-20)26(27,28)29/h2-12,15,30-31H,1,13-14,16-17H2,(H,32,33). The summed E-state index contributed by atoms with van der Waals surface area (Å²) in [5.74, 6) is -0.855. The van der Waals surface area contributed by atoms with Gasteiger partial charge in [0.05, 0.1) is 24.3 Å². The van der Waals surface area contributed by atoms with Crippen LogP contribution in [0.1, 0.15) is 28.7 Å². The first-order chi connectivity index (χ1) is 16.2. The van der Waals surface area contributed by atoms with Crippen molar-refractivity contribution >= 4 is 11.7 Å². The lowest BCUT2D eigenvalue weighted by molar-refractivity contribution is -0.138.